The molecule has 0 unspecified atom stereocenters. The number of carbonyl (C=O) groups excluding carboxylic acids is 1. The molecule has 0 aromatic carbocycles. The molecule has 0 radical (unpaired) electrons. The van der Waals surface area contributed by atoms with Gasteiger partial charge < -0.3 is 11.1 Å². The molecule has 6 heteroatoms. The summed E-state index contributed by atoms with van der Waals surface area (Å²) >= 11 is 0. The molecule has 0 fully saturated rings. The van der Waals surface area contributed by atoms with Gasteiger partial charge in [0.2, 0.25) is 5.91 Å². The lowest BCUT2D eigenvalue weighted by molar-refractivity contribution is -0.123. The van der Waals surface area contributed by atoms with Crippen LogP contribution < -0.4 is 11.1 Å². The molecule has 0 aliphatic rings. The van der Waals surface area contributed by atoms with E-state index in [0.717, 1.165) is 0 Å². The molecule has 0 aliphatic heterocycles. The number of carbonyl (C=O) groups is 1. The van der Waals surface area contributed by atoms with Gasteiger partial charge in [-0.25, -0.2) is 9.67 Å². The highest BCUT2D eigenvalue weighted by Crippen LogP contribution is 2.20. The van der Waals surface area contributed by atoms with Crippen molar-refractivity contribution in [1.29, 1.82) is 0 Å². The zero-order valence-electron chi connectivity index (χ0n) is 11.0. The van der Waals surface area contributed by atoms with E-state index in [4.69, 9.17) is 5.73 Å². The second kappa shape index (κ2) is 5.19. The fraction of sp³-hybridized carbons (Fsp3) is 0.308. The molecule has 6 nitrogen and oxygen atoms in total. The topological polar surface area (TPSA) is 85.8 Å². The number of nitrogens with one attached hydrogen (secondary N) is 1. The first kappa shape index (κ1) is 13.2. The van der Waals surface area contributed by atoms with Crippen molar-refractivity contribution in [3.63, 3.8) is 0 Å². The highest BCUT2D eigenvalue weighted by molar-refractivity contribution is 5.96. The van der Waals surface area contributed by atoms with Crippen LogP contribution in [0, 0.1) is 5.41 Å². The van der Waals surface area contributed by atoms with E-state index in [1.807, 2.05) is 0 Å². The van der Waals surface area contributed by atoms with Crippen LogP contribution >= 0.6 is 0 Å². The number of anilines is 1. The normalized spacial score (nSPS) is 11.3. The van der Waals surface area contributed by atoms with Crippen LogP contribution in [-0.2, 0) is 4.79 Å². The van der Waals surface area contributed by atoms with Gasteiger partial charge in [0.25, 0.3) is 0 Å². The van der Waals surface area contributed by atoms with E-state index in [2.05, 4.69) is 15.4 Å². The minimum atomic E-state index is -0.628. The van der Waals surface area contributed by atoms with Gasteiger partial charge in [-0.1, -0.05) is 0 Å². The standard InChI is InChI=1S/C13H17N5O/c1-13(2,9-14)12(19)17-10-5-3-6-15-11(10)18-8-4-7-16-18/h3-8H,9,14H2,1-2H3,(H,17,19). The monoisotopic (exact) mass is 259 g/mol. The van der Waals surface area contributed by atoms with Gasteiger partial charge in [-0.05, 0) is 32.0 Å². The molecular formula is C13H17N5O. The molecule has 2 rings (SSSR count). The van der Waals surface area contributed by atoms with Gasteiger partial charge >= 0.3 is 0 Å². The number of rotatable bonds is 4. The Hall–Kier alpha value is -2.21. The number of aromatic nitrogens is 3. The summed E-state index contributed by atoms with van der Waals surface area (Å²) in [7, 11) is 0. The fourth-order valence-corrected chi connectivity index (χ4v) is 1.46. The van der Waals surface area contributed by atoms with Crippen molar-refractivity contribution in [2.45, 2.75) is 13.8 Å². The zero-order chi connectivity index (χ0) is 13.9. The van der Waals surface area contributed by atoms with Crippen LogP contribution in [0.4, 0.5) is 5.69 Å². The first-order chi connectivity index (χ1) is 9.04. The molecule has 2 aromatic rings. The molecule has 0 saturated carbocycles. The predicted molar refractivity (Wildman–Crippen MR) is 72.8 cm³/mol. The van der Waals surface area contributed by atoms with Crippen LogP contribution in [0.1, 0.15) is 13.8 Å². The van der Waals surface area contributed by atoms with Crippen molar-refractivity contribution < 1.29 is 4.79 Å². The quantitative estimate of drug-likeness (QED) is 0.863. The van der Waals surface area contributed by atoms with Crippen molar-refractivity contribution in [2.24, 2.45) is 11.1 Å². The summed E-state index contributed by atoms with van der Waals surface area (Å²) in [6.07, 6.45) is 5.08. The number of nitrogens with two attached hydrogens (primary N) is 1. The van der Waals surface area contributed by atoms with E-state index in [1.54, 1.807) is 55.3 Å². The third-order valence-electron chi connectivity index (χ3n) is 2.88. The number of nitrogens with zero attached hydrogens (tertiary/aromatic N) is 3. The van der Waals surface area contributed by atoms with Gasteiger partial charge in [-0.2, -0.15) is 5.10 Å². The average Bonchev–Trinajstić information content (AvgIpc) is 2.93. The second-order valence-electron chi connectivity index (χ2n) is 4.87. The van der Waals surface area contributed by atoms with Crippen molar-refractivity contribution in [1.82, 2.24) is 14.8 Å². The highest BCUT2D eigenvalue weighted by atomic mass is 16.2. The minimum absolute atomic E-state index is 0.142. The van der Waals surface area contributed by atoms with Crippen LogP contribution in [0.5, 0.6) is 0 Å². The lowest BCUT2D eigenvalue weighted by Gasteiger charge is -2.21. The minimum Gasteiger partial charge on any atom is -0.329 e. The Kier molecular flexibility index (Phi) is 3.62. The van der Waals surface area contributed by atoms with Crippen LogP contribution in [0.2, 0.25) is 0 Å². The molecule has 2 heterocycles. The molecular weight excluding hydrogens is 242 g/mol. The van der Waals surface area contributed by atoms with E-state index in [-0.39, 0.29) is 12.5 Å². The van der Waals surface area contributed by atoms with E-state index in [0.29, 0.717) is 11.5 Å². The third-order valence-corrected chi connectivity index (χ3v) is 2.88. The Morgan fingerprint density at radius 1 is 1.42 bits per heavy atom. The van der Waals surface area contributed by atoms with E-state index in [1.165, 1.54) is 0 Å². The van der Waals surface area contributed by atoms with Crippen LogP contribution in [0.15, 0.2) is 36.8 Å². The summed E-state index contributed by atoms with van der Waals surface area (Å²) in [4.78, 5) is 16.4. The van der Waals surface area contributed by atoms with E-state index < -0.39 is 5.41 Å². The fourth-order valence-electron chi connectivity index (χ4n) is 1.46. The lowest BCUT2D eigenvalue weighted by atomic mass is 9.92. The largest absolute Gasteiger partial charge is 0.329 e. The number of pyridine rings is 1. The Balaban J connectivity index is 2.29. The molecule has 1 amide bonds. The van der Waals surface area contributed by atoms with Gasteiger partial charge in [0, 0.05) is 25.1 Å². The smallest absolute Gasteiger partial charge is 0.231 e. The Morgan fingerprint density at radius 3 is 2.84 bits per heavy atom. The number of amides is 1. The highest BCUT2D eigenvalue weighted by Gasteiger charge is 2.26. The maximum absolute atomic E-state index is 12.1. The predicted octanol–water partition coefficient (Wildman–Crippen LogP) is 1.19. The van der Waals surface area contributed by atoms with Crippen molar-refractivity contribution in [3.05, 3.63) is 36.8 Å². The van der Waals surface area contributed by atoms with E-state index >= 15 is 0 Å². The second-order valence-corrected chi connectivity index (χ2v) is 4.87. The Labute approximate surface area is 111 Å². The number of hydrogen-bond acceptors (Lipinski definition) is 4. The number of hydrogen-bond donors (Lipinski definition) is 2. The zero-order valence-corrected chi connectivity index (χ0v) is 11.0. The molecule has 2 aromatic heterocycles. The summed E-state index contributed by atoms with van der Waals surface area (Å²) in [6.45, 7) is 3.87. The Morgan fingerprint density at radius 2 is 2.21 bits per heavy atom. The van der Waals surface area contributed by atoms with Gasteiger partial charge in [0.15, 0.2) is 5.82 Å². The van der Waals surface area contributed by atoms with Gasteiger partial charge in [-0.15, -0.1) is 0 Å². The third kappa shape index (κ3) is 2.79. The van der Waals surface area contributed by atoms with Gasteiger partial charge in [0.1, 0.15) is 0 Å². The average molecular weight is 259 g/mol. The summed E-state index contributed by atoms with van der Waals surface area (Å²) in [5, 5.41) is 6.96. The van der Waals surface area contributed by atoms with Gasteiger partial charge in [0.05, 0.1) is 11.1 Å². The molecule has 100 valence electrons. The molecule has 19 heavy (non-hydrogen) atoms. The van der Waals surface area contributed by atoms with Crippen molar-refractivity contribution >= 4 is 11.6 Å². The molecule has 0 atom stereocenters. The SMILES string of the molecule is CC(C)(CN)C(=O)Nc1cccnc1-n1cccn1. The van der Waals surface area contributed by atoms with E-state index in [9.17, 15) is 4.79 Å². The maximum atomic E-state index is 12.1. The van der Waals surface area contributed by atoms with Crippen LogP contribution in [-0.4, -0.2) is 27.2 Å². The Bertz CT molecular complexity index is 562. The summed E-state index contributed by atoms with van der Waals surface area (Å²) in [5.74, 6) is 0.435. The first-order valence-corrected chi connectivity index (χ1v) is 6.01. The van der Waals surface area contributed by atoms with Gasteiger partial charge in [-0.3, -0.25) is 4.79 Å². The molecule has 3 N–H and O–H groups in total. The molecule has 0 saturated heterocycles. The van der Waals surface area contributed by atoms with Crippen LogP contribution in [0.3, 0.4) is 0 Å². The molecule has 0 spiro atoms. The lowest BCUT2D eigenvalue weighted by Crippen LogP contribution is -2.37. The summed E-state index contributed by atoms with van der Waals surface area (Å²) < 4.78 is 1.60. The van der Waals surface area contributed by atoms with Crippen molar-refractivity contribution in [3.8, 4) is 5.82 Å². The summed E-state index contributed by atoms with van der Waals surface area (Å²) in [6, 6.07) is 5.34. The summed E-state index contributed by atoms with van der Waals surface area (Å²) in [5.41, 5.74) is 5.58. The maximum Gasteiger partial charge on any atom is 0.231 e. The first-order valence-electron chi connectivity index (χ1n) is 6.01. The van der Waals surface area contributed by atoms with Crippen LogP contribution in [0.25, 0.3) is 5.82 Å². The molecule has 0 aliphatic carbocycles. The molecule has 0 bridgehead atoms. The van der Waals surface area contributed by atoms with Crippen molar-refractivity contribution in [2.75, 3.05) is 11.9 Å².